The number of hydrogen-bond donors (Lipinski definition) is 2. The summed E-state index contributed by atoms with van der Waals surface area (Å²) in [5.41, 5.74) is 0.759. The van der Waals surface area contributed by atoms with Gasteiger partial charge in [-0.25, -0.2) is 0 Å². The van der Waals surface area contributed by atoms with Crippen molar-refractivity contribution in [3.8, 4) is 5.75 Å². The number of nitrogens with one attached hydrogen (secondary N) is 2. The van der Waals surface area contributed by atoms with Gasteiger partial charge in [-0.3, -0.25) is 9.69 Å². The Morgan fingerprint density at radius 3 is 2.63 bits per heavy atom. The molecule has 3 rings (SSSR count). The van der Waals surface area contributed by atoms with Crippen molar-refractivity contribution >= 4 is 5.91 Å². The average molecular weight is 385 g/mol. The summed E-state index contributed by atoms with van der Waals surface area (Å²) in [6.07, 6.45) is -4.67. The molecule has 8 heteroatoms. The summed E-state index contributed by atoms with van der Waals surface area (Å²) >= 11 is 0. The minimum atomic E-state index is -4.67. The lowest BCUT2D eigenvalue weighted by Gasteiger charge is -2.20. The molecular formula is C19H26F3N3O2. The molecule has 1 aliphatic heterocycles. The summed E-state index contributed by atoms with van der Waals surface area (Å²) < 4.78 is 40.8. The number of fused-ring (bicyclic) bond motifs is 1. The molecule has 2 unspecified atom stereocenters. The Balaban J connectivity index is 1.36. The lowest BCUT2D eigenvalue weighted by molar-refractivity contribution is -0.274. The molecule has 150 valence electrons. The molecule has 1 aromatic rings. The number of hydrogen-bond acceptors (Lipinski definition) is 4. The Bertz CT molecular complexity index is 654. The maximum Gasteiger partial charge on any atom is 0.573 e. The van der Waals surface area contributed by atoms with Crippen LogP contribution < -0.4 is 15.4 Å². The van der Waals surface area contributed by atoms with E-state index in [1.807, 2.05) is 13.8 Å². The van der Waals surface area contributed by atoms with E-state index in [4.69, 9.17) is 0 Å². The molecule has 27 heavy (non-hydrogen) atoms. The number of carbonyl (C=O) groups excluding carboxylic acids is 1. The third-order valence-electron chi connectivity index (χ3n) is 5.11. The summed E-state index contributed by atoms with van der Waals surface area (Å²) in [5, 5.41) is 6.24. The van der Waals surface area contributed by atoms with Crippen molar-refractivity contribution in [1.82, 2.24) is 15.5 Å². The van der Waals surface area contributed by atoms with Crippen LogP contribution in [0.25, 0.3) is 0 Å². The first kappa shape index (κ1) is 19.9. The standard InChI is InChI=1S/C19H26F3N3O2/c1-12(2)24-18(26)11-25-9-16-15(17(16)10-25)8-23-7-13-4-3-5-14(6-13)27-19(20,21)22/h3-6,12,15-17,23H,7-11H2,1-2H3,(H,24,26). The van der Waals surface area contributed by atoms with Crippen molar-refractivity contribution in [3.05, 3.63) is 29.8 Å². The topological polar surface area (TPSA) is 53.6 Å². The average Bonchev–Trinajstić information content (AvgIpc) is 2.97. The van der Waals surface area contributed by atoms with Gasteiger partial charge in [-0.1, -0.05) is 12.1 Å². The third-order valence-corrected chi connectivity index (χ3v) is 5.11. The van der Waals surface area contributed by atoms with Crippen LogP contribution in [-0.4, -0.2) is 49.4 Å². The van der Waals surface area contributed by atoms with E-state index in [0.29, 0.717) is 30.8 Å². The SMILES string of the molecule is CC(C)NC(=O)CN1CC2C(CNCc3cccc(OC(F)(F)F)c3)C2C1. The monoisotopic (exact) mass is 385 g/mol. The van der Waals surface area contributed by atoms with Crippen LogP contribution in [0, 0.1) is 17.8 Å². The predicted molar refractivity (Wildman–Crippen MR) is 95.0 cm³/mol. The first-order valence-corrected chi connectivity index (χ1v) is 9.28. The van der Waals surface area contributed by atoms with Gasteiger partial charge in [-0.05, 0) is 55.8 Å². The highest BCUT2D eigenvalue weighted by atomic mass is 19.4. The van der Waals surface area contributed by atoms with Crippen LogP contribution in [0.5, 0.6) is 5.75 Å². The zero-order valence-electron chi connectivity index (χ0n) is 15.6. The number of piperidine rings is 1. The van der Waals surface area contributed by atoms with E-state index in [1.165, 1.54) is 12.1 Å². The molecule has 0 radical (unpaired) electrons. The number of ether oxygens (including phenoxy) is 1. The van der Waals surface area contributed by atoms with Crippen LogP contribution in [0.2, 0.25) is 0 Å². The normalized spacial score (nSPS) is 24.7. The van der Waals surface area contributed by atoms with Crippen LogP contribution in [0.1, 0.15) is 19.4 Å². The van der Waals surface area contributed by atoms with Crippen LogP contribution in [0.4, 0.5) is 13.2 Å². The number of amides is 1. The van der Waals surface area contributed by atoms with Gasteiger partial charge in [0.25, 0.3) is 0 Å². The van der Waals surface area contributed by atoms with Crippen LogP contribution in [0.15, 0.2) is 24.3 Å². The second-order valence-electron chi connectivity index (χ2n) is 7.73. The Morgan fingerprint density at radius 1 is 1.30 bits per heavy atom. The summed E-state index contributed by atoms with van der Waals surface area (Å²) in [6.45, 7) is 7.58. The van der Waals surface area contributed by atoms with Gasteiger partial charge in [0.05, 0.1) is 6.54 Å². The van der Waals surface area contributed by atoms with Gasteiger partial charge >= 0.3 is 6.36 Å². The molecule has 1 saturated heterocycles. The molecule has 1 amide bonds. The van der Waals surface area contributed by atoms with Gasteiger partial charge in [0.15, 0.2) is 0 Å². The first-order chi connectivity index (χ1) is 12.7. The van der Waals surface area contributed by atoms with Crippen molar-refractivity contribution in [3.63, 3.8) is 0 Å². The summed E-state index contributed by atoms with van der Waals surface area (Å²) in [7, 11) is 0. The summed E-state index contributed by atoms with van der Waals surface area (Å²) in [4.78, 5) is 14.0. The number of rotatable bonds is 8. The van der Waals surface area contributed by atoms with Gasteiger partial charge in [-0.15, -0.1) is 13.2 Å². The molecule has 2 N–H and O–H groups in total. The Labute approximate surface area is 157 Å². The Morgan fingerprint density at radius 2 is 2.00 bits per heavy atom. The van der Waals surface area contributed by atoms with E-state index in [0.717, 1.165) is 25.2 Å². The van der Waals surface area contributed by atoms with Gasteiger partial charge in [0, 0.05) is 25.7 Å². The summed E-state index contributed by atoms with van der Waals surface area (Å²) in [6, 6.07) is 6.20. The van der Waals surface area contributed by atoms with Crippen LogP contribution in [-0.2, 0) is 11.3 Å². The quantitative estimate of drug-likeness (QED) is 0.722. The molecule has 0 aromatic heterocycles. The predicted octanol–water partition coefficient (Wildman–Crippen LogP) is 2.38. The zero-order valence-corrected chi connectivity index (χ0v) is 15.6. The van der Waals surface area contributed by atoms with Crippen molar-refractivity contribution in [2.45, 2.75) is 32.8 Å². The lowest BCUT2D eigenvalue weighted by Crippen LogP contribution is -2.40. The van der Waals surface area contributed by atoms with E-state index >= 15 is 0 Å². The molecule has 2 fully saturated rings. The minimum Gasteiger partial charge on any atom is -0.406 e. The summed E-state index contributed by atoms with van der Waals surface area (Å²) in [5.74, 6) is 1.69. The molecule has 2 aliphatic rings. The molecule has 0 bridgehead atoms. The van der Waals surface area contributed by atoms with Gasteiger partial charge < -0.3 is 15.4 Å². The molecular weight excluding hydrogens is 359 g/mol. The minimum absolute atomic E-state index is 0.0712. The van der Waals surface area contributed by atoms with E-state index in [1.54, 1.807) is 12.1 Å². The number of carbonyl (C=O) groups is 1. The maximum absolute atomic E-state index is 12.3. The fraction of sp³-hybridized carbons (Fsp3) is 0.632. The van der Waals surface area contributed by atoms with Gasteiger partial charge in [-0.2, -0.15) is 0 Å². The van der Waals surface area contributed by atoms with Crippen molar-refractivity contribution in [2.24, 2.45) is 17.8 Å². The molecule has 1 aromatic carbocycles. The number of halogens is 3. The third kappa shape index (κ3) is 5.84. The molecule has 1 aliphatic carbocycles. The van der Waals surface area contributed by atoms with E-state index in [2.05, 4.69) is 20.3 Å². The molecule has 2 atom stereocenters. The zero-order chi connectivity index (χ0) is 19.6. The fourth-order valence-electron chi connectivity index (χ4n) is 3.98. The first-order valence-electron chi connectivity index (χ1n) is 9.28. The van der Waals surface area contributed by atoms with Crippen molar-refractivity contribution in [1.29, 1.82) is 0 Å². The highest BCUT2D eigenvalue weighted by Gasteiger charge is 2.54. The van der Waals surface area contributed by atoms with E-state index < -0.39 is 6.36 Å². The molecule has 0 spiro atoms. The second kappa shape index (κ2) is 8.06. The maximum atomic E-state index is 12.3. The van der Waals surface area contributed by atoms with Gasteiger partial charge in [0.1, 0.15) is 5.75 Å². The molecule has 1 saturated carbocycles. The van der Waals surface area contributed by atoms with Crippen molar-refractivity contribution < 1.29 is 22.7 Å². The van der Waals surface area contributed by atoms with E-state index in [-0.39, 0.29) is 17.7 Å². The molecule has 5 nitrogen and oxygen atoms in total. The van der Waals surface area contributed by atoms with Crippen LogP contribution in [0.3, 0.4) is 0 Å². The Hall–Kier alpha value is -1.80. The van der Waals surface area contributed by atoms with Crippen molar-refractivity contribution in [2.75, 3.05) is 26.2 Å². The highest BCUT2D eigenvalue weighted by Crippen LogP contribution is 2.51. The fourth-order valence-corrected chi connectivity index (χ4v) is 3.98. The lowest BCUT2D eigenvalue weighted by atomic mass is 10.2. The smallest absolute Gasteiger partial charge is 0.406 e. The number of alkyl halides is 3. The van der Waals surface area contributed by atoms with Gasteiger partial charge in [0.2, 0.25) is 5.91 Å². The van der Waals surface area contributed by atoms with E-state index in [9.17, 15) is 18.0 Å². The second-order valence-corrected chi connectivity index (χ2v) is 7.73. The molecule has 1 heterocycles. The largest absolute Gasteiger partial charge is 0.573 e. The highest BCUT2D eigenvalue weighted by molar-refractivity contribution is 5.78. The number of benzene rings is 1. The Kier molecular flexibility index (Phi) is 5.95. The number of likely N-dealkylation sites (tertiary alicyclic amines) is 1. The van der Waals surface area contributed by atoms with Crippen LogP contribution >= 0.6 is 0 Å². The number of nitrogens with zero attached hydrogens (tertiary/aromatic N) is 1.